The molecule has 0 saturated carbocycles. The molecule has 2 heterocycles. The van der Waals surface area contributed by atoms with Crippen LogP contribution in [0.5, 0.6) is 17.4 Å². The number of amides is 1. The molecule has 132 valence electrons. The highest BCUT2D eigenvalue weighted by Gasteiger charge is 2.16. The van der Waals surface area contributed by atoms with Gasteiger partial charge in [0.1, 0.15) is 13.2 Å². The first-order valence-electron chi connectivity index (χ1n) is 8.08. The predicted molar refractivity (Wildman–Crippen MR) is 96.1 cm³/mol. The summed E-state index contributed by atoms with van der Waals surface area (Å²) in [7, 11) is 0. The Balaban J connectivity index is 1.60. The van der Waals surface area contributed by atoms with Gasteiger partial charge >= 0.3 is 0 Å². The number of halogens is 1. The second-order valence-corrected chi connectivity index (χ2v) is 6.33. The first-order valence-corrected chi connectivity index (χ1v) is 8.87. The van der Waals surface area contributed by atoms with E-state index in [2.05, 4.69) is 26.2 Å². The molecule has 1 aromatic carbocycles. The Morgan fingerprint density at radius 2 is 2.04 bits per heavy atom. The SMILES string of the molecule is CCOc1cc(CNC(=O)Cc2cc3c(cc2Br)OCCO3)ccn1. The molecule has 0 unspecified atom stereocenters. The molecule has 0 spiro atoms. The summed E-state index contributed by atoms with van der Waals surface area (Å²) in [6.45, 7) is 3.94. The van der Waals surface area contributed by atoms with Crippen LogP contribution in [0.2, 0.25) is 0 Å². The normalized spacial score (nSPS) is 12.6. The van der Waals surface area contributed by atoms with Crippen molar-refractivity contribution in [1.29, 1.82) is 0 Å². The molecule has 1 aliphatic heterocycles. The molecule has 0 atom stereocenters. The lowest BCUT2D eigenvalue weighted by atomic mass is 10.1. The van der Waals surface area contributed by atoms with Gasteiger partial charge < -0.3 is 19.5 Å². The Morgan fingerprint density at radius 3 is 2.80 bits per heavy atom. The summed E-state index contributed by atoms with van der Waals surface area (Å²) in [5, 5.41) is 2.91. The predicted octanol–water partition coefficient (Wildman–Crippen LogP) is 2.87. The molecule has 1 aliphatic rings. The second kappa shape index (κ2) is 8.20. The largest absolute Gasteiger partial charge is 0.486 e. The molecule has 6 nitrogen and oxygen atoms in total. The molecule has 25 heavy (non-hydrogen) atoms. The van der Waals surface area contributed by atoms with Gasteiger partial charge in [-0.3, -0.25) is 4.79 Å². The molecule has 1 amide bonds. The number of hydrogen-bond acceptors (Lipinski definition) is 5. The minimum Gasteiger partial charge on any atom is -0.486 e. The Kier molecular flexibility index (Phi) is 5.75. The number of benzene rings is 1. The number of carbonyl (C=O) groups is 1. The number of hydrogen-bond donors (Lipinski definition) is 1. The van der Waals surface area contributed by atoms with E-state index in [1.165, 1.54) is 0 Å². The molecule has 0 fully saturated rings. The fourth-order valence-corrected chi connectivity index (χ4v) is 2.93. The number of aromatic nitrogens is 1. The third kappa shape index (κ3) is 4.63. The van der Waals surface area contributed by atoms with Gasteiger partial charge in [0.15, 0.2) is 11.5 Å². The number of carbonyl (C=O) groups excluding carboxylic acids is 1. The molecule has 0 radical (unpaired) electrons. The number of ether oxygens (including phenoxy) is 3. The number of pyridine rings is 1. The fourth-order valence-electron chi connectivity index (χ4n) is 2.46. The third-order valence-electron chi connectivity index (χ3n) is 3.64. The first kappa shape index (κ1) is 17.5. The molecule has 0 aliphatic carbocycles. The monoisotopic (exact) mass is 406 g/mol. The molecule has 1 N–H and O–H groups in total. The zero-order valence-corrected chi connectivity index (χ0v) is 15.5. The van der Waals surface area contributed by atoms with Crippen molar-refractivity contribution >= 4 is 21.8 Å². The lowest BCUT2D eigenvalue weighted by Crippen LogP contribution is -2.25. The highest BCUT2D eigenvalue weighted by Crippen LogP contribution is 2.35. The molecule has 0 bridgehead atoms. The van der Waals surface area contributed by atoms with Crippen LogP contribution in [0.25, 0.3) is 0 Å². The lowest BCUT2D eigenvalue weighted by molar-refractivity contribution is -0.120. The van der Waals surface area contributed by atoms with E-state index in [1.807, 2.05) is 31.2 Å². The maximum Gasteiger partial charge on any atom is 0.224 e. The molecule has 1 aromatic heterocycles. The summed E-state index contributed by atoms with van der Waals surface area (Å²) in [5.74, 6) is 1.85. The van der Waals surface area contributed by atoms with E-state index in [-0.39, 0.29) is 12.3 Å². The van der Waals surface area contributed by atoms with Crippen LogP contribution in [-0.4, -0.2) is 30.7 Å². The maximum atomic E-state index is 12.3. The minimum absolute atomic E-state index is 0.0767. The van der Waals surface area contributed by atoms with E-state index in [0.717, 1.165) is 15.6 Å². The number of nitrogens with one attached hydrogen (secondary N) is 1. The van der Waals surface area contributed by atoms with Crippen LogP contribution in [0.15, 0.2) is 34.9 Å². The summed E-state index contributed by atoms with van der Waals surface area (Å²) >= 11 is 3.49. The van der Waals surface area contributed by atoms with Crippen molar-refractivity contribution in [3.8, 4) is 17.4 Å². The van der Waals surface area contributed by atoms with Gasteiger partial charge in [-0.05, 0) is 36.2 Å². The van der Waals surface area contributed by atoms with Gasteiger partial charge in [0, 0.05) is 23.3 Å². The molecule has 2 aromatic rings. The van der Waals surface area contributed by atoms with Crippen LogP contribution in [-0.2, 0) is 17.8 Å². The van der Waals surface area contributed by atoms with E-state index in [1.54, 1.807) is 6.20 Å². The van der Waals surface area contributed by atoms with Gasteiger partial charge in [-0.25, -0.2) is 4.98 Å². The van der Waals surface area contributed by atoms with Crippen molar-refractivity contribution < 1.29 is 19.0 Å². The zero-order chi connectivity index (χ0) is 17.6. The van der Waals surface area contributed by atoms with E-state index in [0.29, 0.717) is 43.7 Å². The molecule has 0 saturated heterocycles. The quantitative estimate of drug-likeness (QED) is 0.798. The third-order valence-corrected chi connectivity index (χ3v) is 4.38. The van der Waals surface area contributed by atoms with Crippen molar-refractivity contribution in [3.63, 3.8) is 0 Å². The Bertz CT molecular complexity index is 767. The van der Waals surface area contributed by atoms with E-state index >= 15 is 0 Å². The van der Waals surface area contributed by atoms with Crippen molar-refractivity contribution in [3.05, 3.63) is 46.1 Å². The molecule has 3 rings (SSSR count). The van der Waals surface area contributed by atoms with Gasteiger partial charge in [0.25, 0.3) is 0 Å². The number of nitrogens with zero attached hydrogens (tertiary/aromatic N) is 1. The van der Waals surface area contributed by atoms with Crippen LogP contribution < -0.4 is 19.5 Å². The smallest absolute Gasteiger partial charge is 0.224 e. The highest BCUT2D eigenvalue weighted by atomic mass is 79.9. The van der Waals surface area contributed by atoms with Crippen LogP contribution in [0.4, 0.5) is 0 Å². The van der Waals surface area contributed by atoms with Gasteiger partial charge in [0.2, 0.25) is 11.8 Å². The highest BCUT2D eigenvalue weighted by molar-refractivity contribution is 9.10. The van der Waals surface area contributed by atoms with Crippen LogP contribution in [0, 0.1) is 0 Å². The van der Waals surface area contributed by atoms with Crippen LogP contribution in [0.1, 0.15) is 18.1 Å². The van der Waals surface area contributed by atoms with E-state index in [4.69, 9.17) is 14.2 Å². The van der Waals surface area contributed by atoms with Crippen LogP contribution in [0.3, 0.4) is 0 Å². The summed E-state index contributed by atoms with van der Waals surface area (Å²) < 4.78 is 17.3. The molecular formula is C18H19BrN2O4. The second-order valence-electron chi connectivity index (χ2n) is 5.48. The van der Waals surface area contributed by atoms with Crippen molar-refractivity contribution in [1.82, 2.24) is 10.3 Å². The summed E-state index contributed by atoms with van der Waals surface area (Å²) in [5.41, 5.74) is 1.79. The maximum absolute atomic E-state index is 12.3. The Hall–Kier alpha value is -2.28. The molecule has 7 heteroatoms. The van der Waals surface area contributed by atoms with Crippen molar-refractivity contribution in [2.75, 3.05) is 19.8 Å². The van der Waals surface area contributed by atoms with Crippen molar-refractivity contribution in [2.24, 2.45) is 0 Å². The number of fused-ring (bicyclic) bond motifs is 1. The summed E-state index contributed by atoms with van der Waals surface area (Å²) in [6, 6.07) is 7.36. The van der Waals surface area contributed by atoms with Gasteiger partial charge in [-0.2, -0.15) is 0 Å². The van der Waals surface area contributed by atoms with Crippen LogP contribution >= 0.6 is 15.9 Å². The number of rotatable bonds is 6. The molecular weight excluding hydrogens is 388 g/mol. The van der Waals surface area contributed by atoms with E-state index in [9.17, 15) is 4.79 Å². The lowest BCUT2D eigenvalue weighted by Gasteiger charge is -2.19. The first-order chi connectivity index (χ1) is 12.2. The average molecular weight is 407 g/mol. The standard InChI is InChI=1S/C18H19BrN2O4/c1-2-23-18-7-12(3-4-20-18)11-21-17(22)9-13-8-15-16(10-14(13)19)25-6-5-24-15/h3-4,7-8,10H,2,5-6,9,11H2,1H3,(H,21,22). The van der Waals surface area contributed by atoms with Crippen molar-refractivity contribution in [2.45, 2.75) is 19.9 Å². The summed E-state index contributed by atoms with van der Waals surface area (Å²) in [4.78, 5) is 16.4. The summed E-state index contributed by atoms with van der Waals surface area (Å²) in [6.07, 6.45) is 1.92. The Labute approximate surface area is 154 Å². The fraction of sp³-hybridized carbons (Fsp3) is 0.333. The minimum atomic E-state index is -0.0767. The van der Waals surface area contributed by atoms with Gasteiger partial charge in [0.05, 0.1) is 13.0 Å². The van der Waals surface area contributed by atoms with Gasteiger partial charge in [-0.15, -0.1) is 0 Å². The topological polar surface area (TPSA) is 69.7 Å². The van der Waals surface area contributed by atoms with Gasteiger partial charge in [-0.1, -0.05) is 15.9 Å². The zero-order valence-electron chi connectivity index (χ0n) is 13.9. The van der Waals surface area contributed by atoms with E-state index < -0.39 is 0 Å². The average Bonchev–Trinajstić information content (AvgIpc) is 2.61. The Morgan fingerprint density at radius 1 is 1.28 bits per heavy atom.